The van der Waals surface area contributed by atoms with Crippen LogP contribution in [0.1, 0.15) is 12.5 Å². The lowest BCUT2D eigenvalue weighted by molar-refractivity contribution is -0.111. The van der Waals surface area contributed by atoms with Gasteiger partial charge in [0, 0.05) is 30.9 Å². The van der Waals surface area contributed by atoms with Gasteiger partial charge in [0.1, 0.15) is 0 Å². The van der Waals surface area contributed by atoms with Crippen LogP contribution in [0.4, 0.5) is 0 Å². The van der Waals surface area contributed by atoms with E-state index < -0.39 is 0 Å². The summed E-state index contributed by atoms with van der Waals surface area (Å²) < 4.78 is 0. The van der Waals surface area contributed by atoms with Crippen molar-refractivity contribution in [3.63, 3.8) is 0 Å². The molecule has 0 unspecified atom stereocenters. The van der Waals surface area contributed by atoms with E-state index in [0.717, 1.165) is 5.56 Å². The van der Waals surface area contributed by atoms with Gasteiger partial charge >= 0.3 is 0 Å². The number of carbonyl (C=O) groups excluding carboxylic acids is 1. The molecule has 80 valence electrons. The SMILES string of the molecule is CC(=O)/C(=C\N(C)C)c1ccc(Cl)cc1. The maximum Gasteiger partial charge on any atom is 0.161 e. The second-order valence-electron chi connectivity index (χ2n) is 3.57. The number of benzene rings is 1. The van der Waals surface area contributed by atoms with Crippen molar-refractivity contribution < 1.29 is 4.79 Å². The van der Waals surface area contributed by atoms with Gasteiger partial charge in [-0.3, -0.25) is 4.79 Å². The minimum atomic E-state index is 0.0472. The van der Waals surface area contributed by atoms with E-state index >= 15 is 0 Å². The van der Waals surface area contributed by atoms with Gasteiger partial charge in [-0.15, -0.1) is 0 Å². The summed E-state index contributed by atoms with van der Waals surface area (Å²) in [6, 6.07) is 7.25. The highest BCUT2D eigenvalue weighted by molar-refractivity contribution is 6.30. The van der Waals surface area contributed by atoms with Gasteiger partial charge in [0.05, 0.1) is 0 Å². The first-order chi connectivity index (χ1) is 7.00. The van der Waals surface area contributed by atoms with Crippen LogP contribution in [-0.2, 0) is 4.79 Å². The fourth-order valence-corrected chi connectivity index (χ4v) is 1.38. The maximum atomic E-state index is 11.4. The van der Waals surface area contributed by atoms with Crippen LogP contribution < -0.4 is 0 Å². The fraction of sp³-hybridized carbons (Fsp3) is 0.250. The van der Waals surface area contributed by atoms with E-state index in [1.807, 2.05) is 37.3 Å². The zero-order valence-electron chi connectivity index (χ0n) is 9.12. The van der Waals surface area contributed by atoms with E-state index in [1.165, 1.54) is 0 Å². The van der Waals surface area contributed by atoms with Gasteiger partial charge in [-0.2, -0.15) is 0 Å². The van der Waals surface area contributed by atoms with Crippen LogP contribution >= 0.6 is 11.6 Å². The average Bonchev–Trinajstić information content (AvgIpc) is 2.15. The Balaban J connectivity index is 3.11. The second kappa shape index (κ2) is 4.99. The number of hydrogen-bond donors (Lipinski definition) is 0. The van der Waals surface area contributed by atoms with E-state index in [9.17, 15) is 4.79 Å². The van der Waals surface area contributed by atoms with Gasteiger partial charge in [0.2, 0.25) is 0 Å². The number of nitrogens with zero attached hydrogens (tertiary/aromatic N) is 1. The summed E-state index contributed by atoms with van der Waals surface area (Å²) in [5, 5.41) is 0.673. The third-order valence-corrected chi connectivity index (χ3v) is 2.17. The third kappa shape index (κ3) is 3.40. The number of halogens is 1. The summed E-state index contributed by atoms with van der Waals surface area (Å²) >= 11 is 5.79. The highest BCUT2D eigenvalue weighted by Crippen LogP contribution is 2.18. The highest BCUT2D eigenvalue weighted by atomic mass is 35.5. The molecular weight excluding hydrogens is 210 g/mol. The molecule has 1 aromatic carbocycles. The Morgan fingerprint density at radius 2 is 1.80 bits per heavy atom. The average molecular weight is 224 g/mol. The molecule has 2 nitrogen and oxygen atoms in total. The standard InChI is InChI=1S/C12H14ClNO/c1-9(15)12(8-14(2)3)10-4-6-11(13)7-5-10/h4-8H,1-3H3/b12-8+. The number of rotatable bonds is 3. The topological polar surface area (TPSA) is 20.3 Å². The number of Topliss-reactive ketones (excluding diaryl/α,β-unsaturated/α-hetero) is 1. The molecule has 0 saturated heterocycles. The molecule has 0 amide bonds. The van der Waals surface area contributed by atoms with Crippen LogP contribution in [0.25, 0.3) is 5.57 Å². The van der Waals surface area contributed by atoms with E-state index in [-0.39, 0.29) is 5.78 Å². The quantitative estimate of drug-likeness (QED) is 0.735. The van der Waals surface area contributed by atoms with Gasteiger partial charge < -0.3 is 4.90 Å². The van der Waals surface area contributed by atoms with Crippen molar-refractivity contribution >= 4 is 23.0 Å². The molecule has 0 fully saturated rings. The predicted molar refractivity (Wildman–Crippen MR) is 63.8 cm³/mol. The van der Waals surface area contributed by atoms with Crippen molar-refractivity contribution in [1.29, 1.82) is 0 Å². The van der Waals surface area contributed by atoms with Gasteiger partial charge in [-0.1, -0.05) is 23.7 Å². The van der Waals surface area contributed by atoms with Crippen molar-refractivity contribution in [3.8, 4) is 0 Å². The van der Waals surface area contributed by atoms with Crippen LogP contribution in [0.2, 0.25) is 5.02 Å². The first kappa shape index (κ1) is 11.8. The molecule has 0 spiro atoms. The highest BCUT2D eigenvalue weighted by Gasteiger charge is 2.07. The van der Waals surface area contributed by atoms with E-state index in [1.54, 1.807) is 19.1 Å². The Hall–Kier alpha value is -1.28. The number of allylic oxidation sites excluding steroid dienone is 1. The van der Waals surface area contributed by atoms with Gasteiger partial charge in [-0.25, -0.2) is 0 Å². The van der Waals surface area contributed by atoms with Crippen LogP contribution in [0, 0.1) is 0 Å². The summed E-state index contributed by atoms with van der Waals surface area (Å²) in [7, 11) is 3.78. The number of carbonyl (C=O) groups is 1. The first-order valence-electron chi connectivity index (χ1n) is 4.66. The molecular formula is C12H14ClNO. The number of ketones is 1. The molecule has 0 saturated carbocycles. The molecule has 1 rings (SSSR count). The molecule has 0 aliphatic heterocycles. The summed E-state index contributed by atoms with van der Waals surface area (Å²) in [5.41, 5.74) is 1.58. The maximum absolute atomic E-state index is 11.4. The molecule has 0 aliphatic rings. The second-order valence-corrected chi connectivity index (χ2v) is 4.01. The predicted octanol–water partition coefficient (Wildman–Crippen LogP) is 2.83. The van der Waals surface area contributed by atoms with E-state index in [4.69, 9.17) is 11.6 Å². The smallest absolute Gasteiger partial charge is 0.161 e. The number of hydrogen-bond acceptors (Lipinski definition) is 2. The molecule has 0 N–H and O–H groups in total. The summed E-state index contributed by atoms with van der Waals surface area (Å²) in [6.07, 6.45) is 1.81. The van der Waals surface area contributed by atoms with Crippen molar-refractivity contribution in [2.45, 2.75) is 6.92 Å². The third-order valence-electron chi connectivity index (χ3n) is 1.92. The molecule has 0 aromatic heterocycles. The van der Waals surface area contributed by atoms with Crippen molar-refractivity contribution in [1.82, 2.24) is 4.90 Å². The Morgan fingerprint density at radius 3 is 2.20 bits per heavy atom. The van der Waals surface area contributed by atoms with E-state index in [0.29, 0.717) is 10.6 Å². The van der Waals surface area contributed by atoms with Crippen molar-refractivity contribution in [3.05, 3.63) is 41.1 Å². The lowest BCUT2D eigenvalue weighted by Crippen LogP contribution is -2.06. The Morgan fingerprint density at radius 1 is 1.27 bits per heavy atom. The molecule has 0 heterocycles. The molecule has 1 aromatic rings. The summed E-state index contributed by atoms with van der Waals surface area (Å²) in [4.78, 5) is 13.3. The van der Waals surface area contributed by atoms with Gasteiger partial charge in [-0.05, 0) is 24.6 Å². The van der Waals surface area contributed by atoms with Gasteiger partial charge in [0.15, 0.2) is 5.78 Å². The monoisotopic (exact) mass is 223 g/mol. The zero-order chi connectivity index (χ0) is 11.4. The zero-order valence-corrected chi connectivity index (χ0v) is 9.88. The molecule has 3 heteroatoms. The minimum absolute atomic E-state index is 0.0472. The largest absolute Gasteiger partial charge is 0.383 e. The lowest BCUT2D eigenvalue weighted by atomic mass is 10.0. The normalized spacial score (nSPS) is 11.3. The van der Waals surface area contributed by atoms with Gasteiger partial charge in [0.25, 0.3) is 0 Å². The van der Waals surface area contributed by atoms with Crippen LogP contribution in [0.5, 0.6) is 0 Å². The van der Waals surface area contributed by atoms with Crippen molar-refractivity contribution in [2.24, 2.45) is 0 Å². The Bertz CT molecular complexity index is 379. The van der Waals surface area contributed by atoms with E-state index in [2.05, 4.69) is 0 Å². The molecule has 0 aliphatic carbocycles. The first-order valence-corrected chi connectivity index (χ1v) is 5.03. The van der Waals surface area contributed by atoms with Crippen LogP contribution in [0.3, 0.4) is 0 Å². The fourth-order valence-electron chi connectivity index (χ4n) is 1.26. The lowest BCUT2D eigenvalue weighted by Gasteiger charge is -2.09. The Labute approximate surface area is 95.2 Å². The molecule has 15 heavy (non-hydrogen) atoms. The summed E-state index contributed by atoms with van der Waals surface area (Å²) in [5.74, 6) is 0.0472. The minimum Gasteiger partial charge on any atom is -0.383 e. The summed E-state index contributed by atoms with van der Waals surface area (Å²) in [6.45, 7) is 1.56. The molecule has 0 atom stereocenters. The van der Waals surface area contributed by atoms with Crippen LogP contribution in [0.15, 0.2) is 30.5 Å². The molecule has 0 radical (unpaired) electrons. The Kier molecular flexibility index (Phi) is 3.92. The van der Waals surface area contributed by atoms with Crippen LogP contribution in [-0.4, -0.2) is 24.8 Å². The van der Waals surface area contributed by atoms with Crippen molar-refractivity contribution in [2.75, 3.05) is 14.1 Å². The molecule has 0 bridgehead atoms.